The summed E-state index contributed by atoms with van der Waals surface area (Å²) in [6, 6.07) is 3.35. The lowest BCUT2D eigenvalue weighted by atomic mass is 10.0. The van der Waals surface area contributed by atoms with Crippen LogP contribution in [-0.2, 0) is 6.42 Å². The summed E-state index contributed by atoms with van der Waals surface area (Å²) < 4.78 is 5.45. The molecule has 1 aliphatic heterocycles. The molecule has 1 aliphatic rings. The Hall–Kier alpha value is -1.51. The Morgan fingerprint density at radius 3 is 2.93 bits per heavy atom. The molecule has 0 spiro atoms. The van der Waals surface area contributed by atoms with Gasteiger partial charge in [0.2, 0.25) is 0 Å². The molecule has 0 bridgehead atoms. The van der Waals surface area contributed by atoms with E-state index in [1.54, 1.807) is 12.1 Å². The van der Waals surface area contributed by atoms with Gasteiger partial charge in [-0.25, -0.2) is 0 Å². The van der Waals surface area contributed by atoms with Crippen LogP contribution >= 0.6 is 0 Å². The summed E-state index contributed by atoms with van der Waals surface area (Å²) in [5.41, 5.74) is 1.13. The molecule has 0 saturated heterocycles. The average Bonchev–Trinajstić information content (AvgIpc) is 2.46. The Morgan fingerprint density at radius 1 is 1.57 bits per heavy atom. The second-order valence-electron chi connectivity index (χ2n) is 3.63. The van der Waals surface area contributed by atoms with E-state index < -0.39 is 0 Å². The van der Waals surface area contributed by atoms with Crippen LogP contribution in [0.15, 0.2) is 12.1 Å². The van der Waals surface area contributed by atoms with Crippen LogP contribution in [0, 0.1) is 0 Å². The molecule has 1 N–H and O–H groups in total. The Kier molecular flexibility index (Phi) is 1.95. The molecule has 2 rings (SSSR count). The van der Waals surface area contributed by atoms with Gasteiger partial charge in [0.15, 0.2) is 5.78 Å². The first-order chi connectivity index (χ1) is 6.59. The van der Waals surface area contributed by atoms with Gasteiger partial charge in [0.25, 0.3) is 0 Å². The molecule has 1 aromatic carbocycles. The summed E-state index contributed by atoms with van der Waals surface area (Å²) in [5.74, 6) is 0.657. The summed E-state index contributed by atoms with van der Waals surface area (Å²) in [7, 11) is 0. The van der Waals surface area contributed by atoms with Crippen LogP contribution < -0.4 is 4.74 Å². The highest BCUT2D eigenvalue weighted by molar-refractivity contribution is 5.97. The van der Waals surface area contributed by atoms with Gasteiger partial charge in [-0.3, -0.25) is 4.79 Å². The number of Topliss-reactive ketones (excluding diaryl/α,β-unsaturated/α-hetero) is 1. The Morgan fingerprint density at radius 2 is 2.29 bits per heavy atom. The van der Waals surface area contributed by atoms with E-state index >= 15 is 0 Å². The van der Waals surface area contributed by atoms with Crippen molar-refractivity contribution in [2.75, 3.05) is 0 Å². The highest BCUT2D eigenvalue weighted by atomic mass is 16.5. The summed E-state index contributed by atoms with van der Waals surface area (Å²) in [6.45, 7) is 3.38. The SMILES string of the molecule is CC(=O)c1ccc2c(c1O)CC(C)O2. The standard InChI is InChI=1S/C11H12O3/c1-6-5-9-10(14-6)4-3-8(7(2)12)11(9)13/h3-4,6,13H,5H2,1-2H3. The van der Waals surface area contributed by atoms with Crippen LogP contribution in [0.25, 0.3) is 0 Å². The largest absolute Gasteiger partial charge is 0.507 e. The topological polar surface area (TPSA) is 46.5 Å². The molecule has 0 aliphatic carbocycles. The third-order valence-electron chi connectivity index (χ3n) is 2.44. The Balaban J connectivity index is 2.53. The Bertz CT molecular complexity index is 396. The van der Waals surface area contributed by atoms with Crippen molar-refractivity contribution in [1.29, 1.82) is 0 Å². The fraction of sp³-hybridized carbons (Fsp3) is 0.364. The lowest BCUT2D eigenvalue weighted by molar-refractivity contribution is 0.101. The number of phenolic OH excluding ortho intramolecular Hbond substituents is 1. The number of ether oxygens (including phenoxy) is 1. The zero-order valence-corrected chi connectivity index (χ0v) is 8.20. The van der Waals surface area contributed by atoms with E-state index in [-0.39, 0.29) is 17.6 Å². The van der Waals surface area contributed by atoms with Gasteiger partial charge in [-0.2, -0.15) is 0 Å². The van der Waals surface area contributed by atoms with Crippen molar-refractivity contribution in [3.63, 3.8) is 0 Å². The van der Waals surface area contributed by atoms with Crippen LogP contribution in [0.1, 0.15) is 29.8 Å². The second kappa shape index (κ2) is 3.01. The van der Waals surface area contributed by atoms with Crippen molar-refractivity contribution < 1.29 is 14.6 Å². The lowest BCUT2D eigenvalue weighted by Crippen LogP contribution is -2.05. The number of phenols is 1. The van der Waals surface area contributed by atoms with Gasteiger partial charge in [0.1, 0.15) is 17.6 Å². The first kappa shape index (κ1) is 9.06. The van der Waals surface area contributed by atoms with Crippen LogP contribution in [0.4, 0.5) is 0 Å². The highest BCUT2D eigenvalue weighted by Crippen LogP contribution is 2.37. The highest BCUT2D eigenvalue weighted by Gasteiger charge is 2.24. The van der Waals surface area contributed by atoms with E-state index in [4.69, 9.17) is 4.74 Å². The lowest BCUT2D eigenvalue weighted by Gasteiger charge is -2.05. The molecule has 14 heavy (non-hydrogen) atoms. The van der Waals surface area contributed by atoms with Crippen LogP contribution in [-0.4, -0.2) is 17.0 Å². The molecule has 3 heteroatoms. The number of aromatic hydroxyl groups is 1. The first-order valence-corrected chi connectivity index (χ1v) is 4.62. The van der Waals surface area contributed by atoms with Gasteiger partial charge in [0, 0.05) is 12.0 Å². The van der Waals surface area contributed by atoms with Crippen molar-refractivity contribution >= 4 is 5.78 Å². The van der Waals surface area contributed by atoms with Crippen molar-refractivity contribution in [2.45, 2.75) is 26.4 Å². The minimum atomic E-state index is -0.121. The Labute approximate surface area is 82.3 Å². The molecule has 0 saturated carbocycles. The van der Waals surface area contributed by atoms with E-state index in [9.17, 15) is 9.90 Å². The molecular formula is C11H12O3. The van der Waals surface area contributed by atoms with Gasteiger partial charge in [-0.05, 0) is 26.0 Å². The summed E-state index contributed by atoms with van der Waals surface area (Å²) >= 11 is 0. The van der Waals surface area contributed by atoms with Crippen molar-refractivity contribution in [3.05, 3.63) is 23.3 Å². The number of fused-ring (bicyclic) bond motifs is 1. The minimum Gasteiger partial charge on any atom is -0.507 e. The van der Waals surface area contributed by atoms with Crippen molar-refractivity contribution in [3.8, 4) is 11.5 Å². The normalized spacial score (nSPS) is 18.9. The van der Waals surface area contributed by atoms with Gasteiger partial charge >= 0.3 is 0 Å². The molecule has 1 atom stereocenters. The third-order valence-corrected chi connectivity index (χ3v) is 2.44. The first-order valence-electron chi connectivity index (χ1n) is 4.62. The van der Waals surface area contributed by atoms with E-state index in [0.29, 0.717) is 17.7 Å². The number of carbonyl (C=O) groups excluding carboxylic acids is 1. The smallest absolute Gasteiger partial charge is 0.163 e. The average molecular weight is 192 g/mol. The van der Waals surface area contributed by atoms with Crippen LogP contribution in [0.5, 0.6) is 11.5 Å². The molecule has 0 aromatic heterocycles. The molecule has 1 aromatic rings. The molecular weight excluding hydrogens is 180 g/mol. The molecule has 1 unspecified atom stereocenters. The number of carbonyl (C=O) groups is 1. The quantitative estimate of drug-likeness (QED) is 0.691. The van der Waals surface area contributed by atoms with Gasteiger partial charge in [0.05, 0.1) is 5.56 Å². The second-order valence-corrected chi connectivity index (χ2v) is 3.63. The zero-order chi connectivity index (χ0) is 10.3. The molecule has 74 valence electrons. The molecule has 3 nitrogen and oxygen atoms in total. The predicted molar refractivity (Wildman–Crippen MR) is 51.9 cm³/mol. The number of rotatable bonds is 1. The van der Waals surface area contributed by atoms with E-state index in [0.717, 1.165) is 5.56 Å². The number of hydrogen-bond donors (Lipinski definition) is 1. The molecule has 0 amide bonds. The predicted octanol–water partition coefficient (Wildman–Crippen LogP) is 1.92. The van der Waals surface area contributed by atoms with E-state index in [1.165, 1.54) is 6.92 Å². The van der Waals surface area contributed by atoms with Crippen molar-refractivity contribution in [2.24, 2.45) is 0 Å². The maximum atomic E-state index is 11.1. The molecule has 0 fully saturated rings. The third kappa shape index (κ3) is 1.25. The summed E-state index contributed by atoms with van der Waals surface area (Å²) in [4.78, 5) is 11.1. The van der Waals surface area contributed by atoms with E-state index in [2.05, 4.69) is 0 Å². The number of benzene rings is 1. The van der Waals surface area contributed by atoms with Crippen molar-refractivity contribution in [1.82, 2.24) is 0 Å². The van der Waals surface area contributed by atoms with E-state index in [1.807, 2.05) is 6.92 Å². The van der Waals surface area contributed by atoms with Gasteiger partial charge in [-0.15, -0.1) is 0 Å². The maximum Gasteiger partial charge on any atom is 0.163 e. The van der Waals surface area contributed by atoms with Gasteiger partial charge < -0.3 is 9.84 Å². The van der Waals surface area contributed by atoms with Crippen LogP contribution in [0.2, 0.25) is 0 Å². The summed E-state index contributed by atoms with van der Waals surface area (Å²) in [5, 5.41) is 9.80. The molecule has 1 heterocycles. The zero-order valence-electron chi connectivity index (χ0n) is 8.20. The minimum absolute atomic E-state index is 0.0816. The number of hydrogen-bond acceptors (Lipinski definition) is 3. The monoisotopic (exact) mass is 192 g/mol. The van der Waals surface area contributed by atoms with Gasteiger partial charge in [-0.1, -0.05) is 0 Å². The van der Waals surface area contributed by atoms with Crippen LogP contribution in [0.3, 0.4) is 0 Å². The molecule has 0 radical (unpaired) electrons. The summed E-state index contributed by atoms with van der Waals surface area (Å²) in [6.07, 6.45) is 0.751. The maximum absolute atomic E-state index is 11.1. The fourth-order valence-corrected chi connectivity index (χ4v) is 1.76. The fourth-order valence-electron chi connectivity index (χ4n) is 1.76. The number of ketones is 1.